The highest BCUT2D eigenvalue weighted by Gasteiger charge is 2.21. The van der Waals surface area contributed by atoms with E-state index in [1.807, 2.05) is 6.92 Å². The second kappa shape index (κ2) is 6.13. The van der Waals surface area contributed by atoms with Gasteiger partial charge in [0.1, 0.15) is 11.6 Å². The first-order chi connectivity index (χ1) is 8.47. The van der Waals surface area contributed by atoms with Gasteiger partial charge in [-0.25, -0.2) is 8.78 Å². The van der Waals surface area contributed by atoms with Gasteiger partial charge in [-0.3, -0.25) is 0 Å². The molecule has 2 aromatic rings. The van der Waals surface area contributed by atoms with E-state index in [1.165, 1.54) is 24.3 Å². The van der Waals surface area contributed by atoms with Crippen LogP contribution in [0.3, 0.4) is 0 Å². The van der Waals surface area contributed by atoms with E-state index in [0.29, 0.717) is 6.42 Å². The molecule has 1 unspecified atom stereocenters. The summed E-state index contributed by atoms with van der Waals surface area (Å²) in [5.41, 5.74) is 7.44. The third-order valence-electron chi connectivity index (χ3n) is 2.99. The molecule has 0 aliphatic carbocycles. The minimum absolute atomic E-state index is 0. The molecule has 0 saturated carbocycles. The van der Waals surface area contributed by atoms with E-state index in [1.54, 1.807) is 24.3 Å². The van der Waals surface area contributed by atoms with Gasteiger partial charge < -0.3 is 5.73 Å². The molecule has 1 nitrogen and oxygen atoms in total. The third-order valence-corrected chi connectivity index (χ3v) is 2.99. The Kier molecular flexibility index (Phi) is 5.04. The number of nitrogens with two attached hydrogens (primary N) is 1. The molecular weight excluding hydrogens is 268 g/mol. The van der Waals surface area contributed by atoms with Crippen molar-refractivity contribution in [2.75, 3.05) is 0 Å². The van der Waals surface area contributed by atoms with E-state index in [9.17, 15) is 8.78 Å². The Balaban J connectivity index is 0.00000180. The summed E-state index contributed by atoms with van der Waals surface area (Å²) in [6, 6.07) is 12.4. The Labute approximate surface area is 117 Å². The maximum absolute atomic E-state index is 12.9. The summed E-state index contributed by atoms with van der Waals surface area (Å²) in [6.45, 7) is 1.88. The van der Waals surface area contributed by atoms with Crippen LogP contribution in [0.25, 0.3) is 0 Å². The van der Waals surface area contributed by atoms with Crippen LogP contribution in [0.5, 0.6) is 0 Å². The number of hydrogen-bond donors (Lipinski definition) is 1. The van der Waals surface area contributed by atoms with Gasteiger partial charge in [0.2, 0.25) is 0 Å². The summed E-state index contributed by atoms with van der Waals surface area (Å²) in [5, 5.41) is 0. The first-order valence-electron chi connectivity index (χ1n) is 5.77. The van der Waals surface area contributed by atoms with Crippen LogP contribution in [0.1, 0.15) is 18.1 Å². The topological polar surface area (TPSA) is 26.0 Å². The van der Waals surface area contributed by atoms with Crippen molar-refractivity contribution in [2.24, 2.45) is 5.73 Å². The van der Waals surface area contributed by atoms with Gasteiger partial charge in [-0.15, -0.1) is 12.4 Å². The Morgan fingerprint density at radius 1 is 0.895 bits per heavy atom. The average Bonchev–Trinajstić information content (AvgIpc) is 2.32. The van der Waals surface area contributed by atoms with Gasteiger partial charge in [0.25, 0.3) is 0 Å². The lowest BCUT2D eigenvalue weighted by Crippen LogP contribution is -2.35. The SMILES string of the molecule is CC(N)(Cc1ccc(F)cc1)c1ccc(F)cc1.Cl. The highest BCUT2D eigenvalue weighted by Crippen LogP contribution is 2.23. The second-order valence-electron chi connectivity index (χ2n) is 4.73. The fourth-order valence-electron chi connectivity index (χ4n) is 1.96. The fourth-order valence-corrected chi connectivity index (χ4v) is 1.96. The maximum atomic E-state index is 12.9. The minimum Gasteiger partial charge on any atom is -0.321 e. The highest BCUT2D eigenvalue weighted by molar-refractivity contribution is 5.85. The van der Waals surface area contributed by atoms with Gasteiger partial charge in [0, 0.05) is 5.54 Å². The van der Waals surface area contributed by atoms with Crippen molar-refractivity contribution >= 4 is 12.4 Å². The number of hydrogen-bond acceptors (Lipinski definition) is 1. The van der Waals surface area contributed by atoms with Gasteiger partial charge in [0.05, 0.1) is 0 Å². The van der Waals surface area contributed by atoms with Crippen molar-refractivity contribution in [2.45, 2.75) is 18.9 Å². The van der Waals surface area contributed by atoms with Gasteiger partial charge in [-0.05, 0) is 48.7 Å². The molecule has 0 aromatic heterocycles. The van der Waals surface area contributed by atoms with E-state index >= 15 is 0 Å². The summed E-state index contributed by atoms with van der Waals surface area (Å²) in [4.78, 5) is 0. The van der Waals surface area contributed by atoms with E-state index in [0.717, 1.165) is 11.1 Å². The largest absolute Gasteiger partial charge is 0.321 e. The first kappa shape index (κ1) is 15.6. The second-order valence-corrected chi connectivity index (χ2v) is 4.73. The lowest BCUT2D eigenvalue weighted by Gasteiger charge is -2.25. The van der Waals surface area contributed by atoms with Crippen molar-refractivity contribution in [3.05, 3.63) is 71.3 Å². The third kappa shape index (κ3) is 4.01. The van der Waals surface area contributed by atoms with E-state index < -0.39 is 5.54 Å². The Morgan fingerprint density at radius 3 is 1.79 bits per heavy atom. The predicted molar refractivity (Wildman–Crippen MR) is 75.3 cm³/mol. The van der Waals surface area contributed by atoms with Crippen LogP contribution in [0.15, 0.2) is 48.5 Å². The van der Waals surface area contributed by atoms with E-state index in [2.05, 4.69) is 0 Å². The molecule has 0 bridgehead atoms. The smallest absolute Gasteiger partial charge is 0.123 e. The summed E-state index contributed by atoms with van der Waals surface area (Å²) < 4.78 is 25.7. The monoisotopic (exact) mass is 283 g/mol. The molecule has 0 aliphatic rings. The van der Waals surface area contributed by atoms with Crippen molar-refractivity contribution in [1.82, 2.24) is 0 Å². The summed E-state index contributed by atoms with van der Waals surface area (Å²) in [7, 11) is 0. The molecule has 102 valence electrons. The van der Waals surface area contributed by atoms with Crippen molar-refractivity contribution in [3.63, 3.8) is 0 Å². The molecule has 4 heteroatoms. The first-order valence-corrected chi connectivity index (χ1v) is 5.77. The lowest BCUT2D eigenvalue weighted by molar-refractivity contribution is 0.489. The zero-order chi connectivity index (χ0) is 13.2. The van der Waals surface area contributed by atoms with Crippen LogP contribution < -0.4 is 5.73 Å². The van der Waals surface area contributed by atoms with Crippen LogP contribution in [0, 0.1) is 11.6 Å². The Morgan fingerprint density at radius 2 is 1.32 bits per heavy atom. The molecule has 0 fully saturated rings. The summed E-state index contributed by atoms with van der Waals surface area (Å²) >= 11 is 0. The van der Waals surface area contributed by atoms with Crippen LogP contribution >= 0.6 is 12.4 Å². The van der Waals surface area contributed by atoms with Crippen LogP contribution in [-0.2, 0) is 12.0 Å². The van der Waals surface area contributed by atoms with E-state index in [-0.39, 0.29) is 24.0 Å². The summed E-state index contributed by atoms with van der Waals surface area (Å²) in [5.74, 6) is -0.546. The minimum atomic E-state index is -0.606. The zero-order valence-corrected chi connectivity index (χ0v) is 11.4. The van der Waals surface area contributed by atoms with Gasteiger partial charge in [0.15, 0.2) is 0 Å². The number of benzene rings is 2. The molecule has 1 atom stereocenters. The van der Waals surface area contributed by atoms with Gasteiger partial charge in [-0.2, -0.15) is 0 Å². The van der Waals surface area contributed by atoms with Crippen molar-refractivity contribution in [1.29, 1.82) is 0 Å². The van der Waals surface area contributed by atoms with Gasteiger partial charge in [-0.1, -0.05) is 24.3 Å². The predicted octanol–water partition coefficient (Wildman–Crippen LogP) is 3.80. The van der Waals surface area contributed by atoms with Crippen LogP contribution in [-0.4, -0.2) is 0 Å². The van der Waals surface area contributed by atoms with Gasteiger partial charge >= 0.3 is 0 Å². The molecule has 2 aromatic carbocycles. The molecule has 2 N–H and O–H groups in total. The quantitative estimate of drug-likeness (QED) is 0.911. The standard InChI is InChI=1S/C15H15F2N.ClH/c1-15(18,12-4-8-14(17)9-5-12)10-11-2-6-13(16)7-3-11;/h2-9H,10,18H2,1H3;1H. The number of halogens is 3. The normalized spacial score (nSPS) is 13.5. The zero-order valence-electron chi connectivity index (χ0n) is 10.6. The maximum Gasteiger partial charge on any atom is 0.123 e. The Bertz CT molecular complexity index is 521. The molecule has 0 heterocycles. The lowest BCUT2D eigenvalue weighted by atomic mass is 9.86. The van der Waals surface area contributed by atoms with Crippen LogP contribution in [0.4, 0.5) is 8.78 Å². The Hall–Kier alpha value is -1.45. The molecule has 0 aliphatic heterocycles. The molecule has 0 amide bonds. The van der Waals surface area contributed by atoms with Crippen molar-refractivity contribution < 1.29 is 8.78 Å². The summed E-state index contributed by atoms with van der Waals surface area (Å²) in [6.07, 6.45) is 0.568. The molecule has 2 rings (SSSR count). The number of rotatable bonds is 3. The average molecular weight is 284 g/mol. The highest BCUT2D eigenvalue weighted by atomic mass is 35.5. The molecule has 0 radical (unpaired) electrons. The molecule has 19 heavy (non-hydrogen) atoms. The molecular formula is C15H16ClF2N. The fraction of sp³-hybridized carbons (Fsp3) is 0.200. The molecule has 0 spiro atoms. The molecule has 0 saturated heterocycles. The van der Waals surface area contributed by atoms with Crippen LogP contribution in [0.2, 0.25) is 0 Å². The van der Waals surface area contributed by atoms with Crippen molar-refractivity contribution in [3.8, 4) is 0 Å². The van der Waals surface area contributed by atoms with E-state index in [4.69, 9.17) is 5.73 Å².